The number of ether oxygens (including phenoxy) is 2. The van der Waals surface area contributed by atoms with Gasteiger partial charge >= 0.3 is 0 Å². The summed E-state index contributed by atoms with van der Waals surface area (Å²) in [6.45, 7) is 6.08. The molecule has 0 heterocycles. The molecule has 0 bridgehead atoms. The Bertz CT molecular complexity index is 667. The van der Waals surface area contributed by atoms with Gasteiger partial charge in [0, 0.05) is 24.1 Å². The third-order valence-electron chi connectivity index (χ3n) is 5.92. The number of benzene rings is 1. The van der Waals surface area contributed by atoms with E-state index in [2.05, 4.69) is 11.9 Å². The minimum atomic E-state index is 0.0591. The van der Waals surface area contributed by atoms with Crippen LogP contribution in [0.5, 0.6) is 11.5 Å². The molecule has 2 saturated carbocycles. The highest BCUT2D eigenvalue weighted by molar-refractivity contribution is 5.92. The van der Waals surface area contributed by atoms with E-state index in [1.54, 1.807) is 14.2 Å². The van der Waals surface area contributed by atoms with E-state index in [1.165, 1.54) is 24.8 Å². The van der Waals surface area contributed by atoms with Crippen molar-refractivity contribution in [3.8, 4) is 11.5 Å². The highest BCUT2D eigenvalue weighted by Gasteiger charge is 2.42. The third-order valence-corrected chi connectivity index (χ3v) is 5.92. The summed E-state index contributed by atoms with van der Waals surface area (Å²) < 4.78 is 10.6. The summed E-state index contributed by atoms with van der Waals surface area (Å²) in [6, 6.07) is 3.67. The maximum Gasteiger partial charge on any atom is 0.224 e. The lowest BCUT2D eigenvalue weighted by atomic mass is 9.72. The lowest BCUT2D eigenvalue weighted by Crippen LogP contribution is -2.22. The van der Waals surface area contributed by atoms with Crippen LogP contribution < -0.4 is 14.8 Å². The van der Waals surface area contributed by atoms with E-state index in [0.717, 1.165) is 47.6 Å². The second kappa shape index (κ2) is 7.51. The lowest BCUT2D eigenvalue weighted by Gasteiger charge is -2.33. The van der Waals surface area contributed by atoms with Crippen LogP contribution >= 0.6 is 0 Å². The van der Waals surface area contributed by atoms with Gasteiger partial charge in [-0.2, -0.15) is 0 Å². The Kier molecular flexibility index (Phi) is 5.36. The maximum atomic E-state index is 12.3. The molecule has 2 fully saturated rings. The van der Waals surface area contributed by atoms with Crippen LogP contribution in [-0.4, -0.2) is 20.1 Å². The Morgan fingerprint density at radius 3 is 2.72 bits per heavy atom. The Morgan fingerprint density at radius 2 is 2.08 bits per heavy atom. The van der Waals surface area contributed by atoms with Crippen molar-refractivity contribution in [2.75, 3.05) is 19.5 Å². The van der Waals surface area contributed by atoms with Gasteiger partial charge in [0.05, 0.1) is 19.9 Å². The van der Waals surface area contributed by atoms with Crippen LogP contribution in [0.4, 0.5) is 5.69 Å². The van der Waals surface area contributed by atoms with Crippen molar-refractivity contribution >= 4 is 11.6 Å². The largest absolute Gasteiger partial charge is 0.497 e. The quantitative estimate of drug-likeness (QED) is 0.729. The van der Waals surface area contributed by atoms with Gasteiger partial charge in [0.15, 0.2) is 0 Å². The SMILES string of the molecule is C=C1CC2CC(CCCC(=O)Nc3cc(OC)cc(OC)c3C)CC12. The average Bonchev–Trinajstić information content (AvgIpc) is 2.93. The van der Waals surface area contributed by atoms with Crippen LogP contribution in [0.2, 0.25) is 0 Å². The van der Waals surface area contributed by atoms with Crippen molar-refractivity contribution < 1.29 is 14.3 Å². The van der Waals surface area contributed by atoms with E-state index in [4.69, 9.17) is 9.47 Å². The molecule has 3 rings (SSSR count). The first-order valence-corrected chi connectivity index (χ1v) is 9.22. The fraction of sp³-hybridized carbons (Fsp3) is 0.571. The number of allylic oxidation sites excluding steroid dienone is 1. The van der Waals surface area contributed by atoms with Gasteiger partial charge in [-0.1, -0.05) is 12.2 Å². The van der Waals surface area contributed by atoms with E-state index in [-0.39, 0.29) is 5.91 Å². The zero-order valence-corrected chi connectivity index (χ0v) is 15.6. The highest BCUT2D eigenvalue weighted by atomic mass is 16.5. The average molecular weight is 343 g/mol. The van der Waals surface area contributed by atoms with Crippen LogP contribution in [0.1, 0.15) is 44.1 Å². The molecule has 0 saturated heterocycles. The molecule has 0 spiro atoms. The van der Waals surface area contributed by atoms with Gasteiger partial charge < -0.3 is 14.8 Å². The minimum Gasteiger partial charge on any atom is -0.497 e. The third kappa shape index (κ3) is 3.83. The predicted octanol–water partition coefficient (Wildman–Crippen LogP) is 4.72. The molecule has 136 valence electrons. The van der Waals surface area contributed by atoms with E-state index in [0.29, 0.717) is 12.2 Å². The number of carbonyl (C=O) groups is 1. The molecular formula is C21H29NO3. The zero-order chi connectivity index (χ0) is 18.0. The number of hydrogen-bond acceptors (Lipinski definition) is 3. The number of fused-ring (bicyclic) bond motifs is 1. The number of anilines is 1. The molecule has 2 aliphatic rings. The van der Waals surface area contributed by atoms with Gasteiger partial charge in [-0.15, -0.1) is 0 Å². The van der Waals surface area contributed by atoms with Crippen LogP contribution in [0.25, 0.3) is 0 Å². The summed E-state index contributed by atoms with van der Waals surface area (Å²) in [5, 5.41) is 3.01. The van der Waals surface area contributed by atoms with Crippen molar-refractivity contribution in [3.05, 3.63) is 29.8 Å². The Balaban J connectivity index is 1.49. The zero-order valence-electron chi connectivity index (χ0n) is 15.6. The Labute approximate surface area is 150 Å². The number of nitrogens with one attached hydrogen (secondary N) is 1. The molecule has 4 heteroatoms. The van der Waals surface area contributed by atoms with Crippen LogP contribution in [0.15, 0.2) is 24.3 Å². The summed E-state index contributed by atoms with van der Waals surface area (Å²) in [6.07, 6.45) is 6.51. The number of amides is 1. The van der Waals surface area contributed by atoms with E-state index < -0.39 is 0 Å². The molecule has 3 unspecified atom stereocenters. The molecule has 25 heavy (non-hydrogen) atoms. The van der Waals surface area contributed by atoms with Crippen LogP contribution in [0, 0.1) is 24.7 Å². The number of carbonyl (C=O) groups excluding carboxylic acids is 1. The van der Waals surface area contributed by atoms with E-state index in [9.17, 15) is 4.79 Å². The fourth-order valence-corrected chi connectivity index (χ4v) is 4.42. The molecule has 1 N–H and O–H groups in total. The molecule has 4 nitrogen and oxygen atoms in total. The molecule has 3 atom stereocenters. The van der Waals surface area contributed by atoms with Gasteiger partial charge in [0.2, 0.25) is 5.91 Å². The van der Waals surface area contributed by atoms with Gasteiger partial charge in [-0.3, -0.25) is 4.79 Å². The Hall–Kier alpha value is -1.97. The topological polar surface area (TPSA) is 47.6 Å². The minimum absolute atomic E-state index is 0.0591. The first kappa shape index (κ1) is 17.8. The van der Waals surface area contributed by atoms with Gasteiger partial charge in [0.1, 0.15) is 11.5 Å². The van der Waals surface area contributed by atoms with Crippen molar-refractivity contribution in [2.45, 2.75) is 45.4 Å². The van der Waals surface area contributed by atoms with Crippen molar-refractivity contribution in [1.82, 2.24) is 0 Å². The van der Waals surface area contributed by atoms with Crippen LogP contribution in [0.3, 0.4) is 0 Å². The Morgan fingerprint density at radius 1 is 1.28 bits per heavy atom. The molecule has 1 amide bonds. The predicted molar refractivity (Wildman–Crippen MR) is 100 cm³/mol. The van der Waals surface area contributed by atoms with Gasteiger partial charge in [-0.05, 0) is 56.8 Å². The molecule has 2 aliphatic carbocycles. The normalized spacial score (nSPS) is 24.4. The number of methoxy groups -OCH3 is 2. The second-order valence-corrected chi connectivity index (χ2v) is 7.51. The number of hydrogen-bond donors (Lipinski definition) is 1. The summed E-state index contributed by atoms with van der Waals surface area (Å²) in [4.78, 5) is 12.3. The summed E-state index contributed by atoms with van der Waals surface area (Å²) in [7, 11) is 3.23. The van der Waals surface area contributed by atoms with Gasteiger partial charge in [-0.25, -0.2) is 0 Å². The second-order valence-electron chi connectivity index (χ2n) is 7.51. The molecule has 0 radical (unpaired) electrons. The lowest BCUT2D eigenvalue weighted by molar-refractivity contribution is -0.116. The molecule has 1 aromatic rings. The first-order valence-electron chi connectivity index (χ1n) is 9.22. The monoisotopic (exact) mass is 343 g/mol. The molecule has 0 aromatic heterocycles. The van der Waals surface area contributed by atoms with E-state index in [1.807, 2.05) is 19.1 Å². The summed E-state index contributed by atoms with van der Waals surface area (Å²) in [5.74, 6) is 3.91. The van der Waals surface area contributed by atoms with Crippen LogP contribution in [-0.2, 0) is 4.79 Å². The fourth-order valence-electron chi connectivity index (χ4n) is 4.42. The molecule has 0 aliphatic heterocycles. The maximum absolute atomic E-state index is 12.3. The summed E-state index contributed by atoms with van der Waals surface area (Å²) >= 11 is 0. The number of rotatable bonds is 7. The van der Waals surface area contributed by atoms with Crippen molar-refractivity contribution in [3.63, 3.8) is 0 Å². The van der Waals surface area contributed by atoms with Gasteiger partial charge in [0.25, 0.3) is 0 Å². The molecule has 1 aromatic carbocycles. The standard InChI is InChI=1S/C21H29NO3/c1-13-8-16-9-15(10-18(13)16)6-5-7-21(23)22-19-11-17(24-3)12-20(25-4)14(19)2/h11-12,15-16,18H,1,5-10H2,2-4H3,(H,22,23). The van der Waals surface area contributed by atoms with E-state index >= 15 is 0 Å². The smallest absolute Gasteiger partial charge is 0.224 e. The van der Waals surface area contributed by atoms with Crippen molar-refractivity contribution in [1.29, 1.82) is 0 Å². The first-order chi connectivity index (χ1) is 12.0. The van der Waals surface area contributed by atoms with Crippen molar-refractivity contribution in [2.24, 2.45) is 17.8 Å². The molecular weight excluding hydrogens is 314 g/mol. The summed E-state index contributed by atoms with van der Waals surface area (Å²) in [5.41, 5.74) is 3.13. The highest BCUT2D eigenvalue weighted by Crippen LogP contribution is 2.53.